The SMILES string of the molecule is COc1ccc(O)c(CNCCCc2cn[nH]c2C)c1. The second-order valence-corrected chi connectivity index (χ2v) is 4.80. The minimum Gasteiger partial charge on any atom is -0.508 e. The van der Waals surface area contributed by atoms with Gasteiger partial charge in [0.15, 0.2) is 0 Å². The van der Waals surface area contributed by atoms with E-state index in [0.717, 1.165) is 36.4 Å². The third kappa shape index (κ3) is 3.74. The van der Waals surface area contributed by atoms with Crippen molar-refractivity contribution in [1.29, 1.82) is 0 Å². The van der Waals surface area contributed by atoms with Crippen molar-refractivity contribution in [2.75, 3.05) is 13.7 Å². The van der Waals surface area contributed by atoms with Gasteiger partial charge < -0.3 is 15.2 Å². The van der Waals surface area contributed by atoms with E-state index in [-0.39, 0.29) is 0 Å². The van der Waals surface area contributed by atoms with Gasteiger partial charge in [-0.05, 0) is 50.1 Å². The Kier molecular flexibility index (Phi) is 5.01. The van der Waals surface area contributed by atoms with Crippen LogP contribution in [0.1, 0.15) is 23.2 Å². The van der Waals surface area contributed by atoms with Crippen LogP contribution in [0.15, 0.2) is 24.4 Å². The number of aryl methyl sites for hydroxylation is 2. The highest BCUT2D eigenvalue weighted by Crippen LogP contribution is 2.22. The normalized spacial score (nSPS) is 10.7. The Balaban J connectivity index is 1.74. The number of hydrogen-bond donors (Lipinski definition) is 3. The van der Waals surface area contributed by atoms with Crippen LogP contribution >= 0.6 is 0 Å². The number of aromatic hydroxyl groups is 1. The zero-order valence-corrected chi connectivity index (χ0v) is 11.9. The quantitative estimate of drug-likeness (QED) is 0.677. The van der Waals surface area contributed by atoms with Gasteiger partial charge in [-0.15, -0.1) is 0 Å². The second-order valence-electron chi connectivity index (χ2n) is 4.80. The maximum atomic E-state index is 9.77. The Morgan fingerprint density at radius 3 is 2.90 bits per heavy atom. The van der Waals surface area contributed by atoms with Gasteiger partial charge in [0.05, 0.1) is 13.3 Å². The molecular weight excluding hydrogens is 254 g/mol. The average Bonchev–Trinajstić information content (AvgIpc) is 2.86. The summed E-state index contributed by atoms with van der Waals surface area (Å²) < 4.78 is 5.15. The summed E-state index contributed by atoms with van der Waals surface area (Å²) in [5.74, 6) is 1.05. The summed E-state index contributed by atoms with van der Waals surface area (Å²) >= 11 is 0. The summed E-state index contributed by atoms with van der Waals surface area (Å²) in [4.78, 5) is 0. The first kappa shape index (κ1) is 14.4. The number of H-pyrrole nitrogens is 1. The van der Waals surface area contributed by atoms with E-state index in [1.165, 1.54) is 5.56 Å². The van der Waals surface area contributed by atoms with Crippen molar-refractivity contribution in [2.24, 2.45) is 0 Å². The Morgan fingerprint density at radius 2 is 2.20 bits per heavy atom. The molecule has 0 spiro atoms. The maximum Gasteiger partial charge on any atom is 0.120 e. The molecule has 3 N–H and O–H groups in total. The lowest BCUT2D eigenvalue weighted by molar-refractivity contribution is 0.410. The van der Waals surface area contributed by atoms with Gasteiger partial charge in [-0.25, -0.2) is 0 Å². The van der Waals surface area contributed by atoms with E-state index in [1.807, 2.05) is 19.2 Å². The van der Waals surface area contributed by atoms with E-state index in [2.05, 4.69) is 15.5 Å². The fourth-order valence-corrected chi connectivity index (χ4v) is 2.09. The number of nitrogens with zero attached hydrogens (tertiary/aromatic N) is 1. The first-order valence-electron chi connectivity index (χ1n) is 6.76. The molecule has 0 bridgehead atoms. The molecule has 2 aromatic rings. The molecule has 0 saturated carbocycles. The highest BCUT2D eigenvalue weighted by molar-refractivity contribution is 5.39. The lowest BCUT2D eigenvalue weighted by Gasteiger charge is -2.08. The van der Waals surface area contributed by atoms with Gasteiger partial charge in [-0.2, -0.15) is 5.10 Å². The molecule has 5 nitrogen and oxygen atoms in total. The van der Waals surface area contributed by atoms with Crippen LogP contribution in [-0.4, -0.2) is 29.0 Å². The zero-order valence-electron chi connectivity index (χ0n) is 11.9. The smallest absolute Gasteiger partial charge is 0.120 e. The number of aromatic amines is 1. The van der Waals surface area contributed by atoms with E-state index in [1.54, 1.807) is 19.2 Å². The number of aromatic nitrogens is 2. The van der Waals surface area contributed by atoms with Crippen molar-refractivity contribution in [2.45, 2.75) is 26.3 Å². The molecular formula is C15H21N3O2. The van der Waals surface area contributed by atoms with E-state index in [4.69, 9.17) is 4.74 Å². The van der Waals surface area contributed by atoms with Crippen LogP contribution in [0, 0.1) is 6.92 Å². The van der Waals surface area contributed by atoms with Gasteiger partial charge in [-0.1, -0.05) is 0 Å². The van der Waals surface area contributed by atoms with Gasteiger partial charge >= 0.3 is 0 Å². The highest BCUT2D eigenvalue weighted by Gasteiger charge is 2.03. The largest absolute Gasteiger partial charge is 0.508 e. The molecule has 0 aliphatic carbocycles. The number of phenols is 1. The molecule has 0 fully saturated rings. The lowest BCUT2D eigenvalue weighted by atomic mass is 10.1. The summed E-state index contributed by atoms with van der Waals surface area (Å²) in [6.07, 6.45) is 3.91. The second kappa shape index (κ2) is 6.96. The first-order valence-corrected chi connectivity index (χ1v) is 6.76. The molecule has 1 aromatic heterocycles. The molecule has 0 aliphatic rings. The third-order valence-electron chi connectivity index (χ3n) is 3.34. The third-order valence-corrected chi connectivity index (χ3v) is 3.34. The summed E-state index contributed by atoms with van der Waals surface area (Å²) in [5.41, 5.74) is 3.25. The minimum atomic E-state index is 0.295. The average molecular weight is 275 g/mol. The van der Waals surface area contributed by atoms with Crippen molar-refractivity contribution >= 4 is 0 Å². The van der Waals surface area contributed by atoms with Crippen LogP contribution in [0.5, 0.6) is 11.5 Å². The van der Waals surface area contributed by atoms with Gasteiger partial charge in [0.2, 0.25) is 0 Å². The van der Waals surface area contributed by atoms with Crippen LogP contribution in [0.2, 0.25) is 0 Å². The molecule has 20 heavy (non-hydrogen) atoms. The number of phenolic OH excluding ortho intramolecular Hbond substituents is 1. The Labute approximate surface area is 119 Å². The van der Waals surface area contributed by atoms with Crippen molar-refractivity contribution in [3.05, 3.63) is 41.2 Å². The molecule has 1 aromatic carbocycles. The van der Waals surface area contributed by atoms with Crippen LogP contribution in [0.4, 0.5) is 0 Å². The van der Waals surface area contributed by atoms with E-state index in [9.17, 15) is 5.11 Å². The monoisotopic (exact) mass is 275 g/mol. The summed E-state index contributed by atoms with van der Waals surface area (Å²) in [6.45, 7) is 3.55. The predicted octanol–water partition coefficient (Wildman–Crippen LogP) is 2.15. The zero-order chi connectivity index (χ0) is 14.4. The molecule has 5 heteroatoms. The van der Waals surface area contributed by atoms with Gasteiger partial charge in [0.1, 0.15) is 11.5 Å². The number of hydrogen-bond acceptors (Lipinski definition) is 4. The molecule has 0 unspecified atom stereocenters. The number of methoxy groups -OCH3 is 1. The molecule has 0 aliphatic heterocycles. The lowest BCUT2D eigenvalue weighted by Crippen LogP contribution is -2.15. The molecule has 108 valence electrons. The first-order chi connectivity index (χ1) is 9.70. The summed E-state index contributed by atoms with van der Waals surface area (Å²) in [5, 5.41) is 20.0. The number of rotatable bonds is 7. The van der Waals surface area contributed by atoms with Crippen molar-refractivity contribution < 1.29 is 9.84 Å². The van der Waals surface area contributed by atoms with E-state index in [0.29, 0.717) is 12.3 Å². The molecule has 2 rings (SSSR count). The minimum absolute atomic E-state index is 0.295. The van der Waals surface area contributed by atoms with Gasteiger partial charge in [0, 0.05) is 17.8 Å². The van der Waals surface area contributed by atoms with Crippen molar-refractivity contribution in [1.82, 2.24) is 15.5 Å². The predicted molar refractivity (Wildman–Crippen MR) is 78.0 cm³/mol. The number of ether oxygens (including phenoxy) is 1. The van der Waals surface area contributed by atoms with Crippen LogP contribution < -0.4 is 10.1 Å². The molecule has 0 amide bonds. The van der Waals surface area contributed by atoms with Crippen LogP contribution in [-0.2, 0) is 13.0 Å². The Bertz CT molecular complexity index is 552. The molecule has 0 saturated heterocycles. The summed E-state index contributed by atoms with van der Waals surface area (Å²) in [7, 11) is 1.62. The van der Waals surface area contributed by atoms with Crippen molar-refractivity contribution in [3.8, 4) is 11.5 Å². The summed E-state index contributed by atoms with van der Waals surface area (Å²) in [6, 6.07) is 5.26. The molecule has 0 atom stereocenters. The van der Waals surface area contributed by atoms with Crippen molar-refractivity contribution in [3.63, 3.8) is 0 Å². The van der Waals surface area contributed by atoms with E-state index >= 15 is 0 Å². The highest BCUT2D eigenvalue weighted by atomic mass is 16.5. The fourth-order valence-electron chi connectivity index (χ4n) is 2.09. The standard InChI is InChI=1S/C15H21N3O2/c1-11-12(10-17-18-11)4-3-7-16-9-13-8-14(20-2)5-6-15(13)19/h5-6,8,10,16,19H,3-4,7,9H2,1-2H3,(H,17,18). The molecule has 0 radical (unpaired) electrons. The topological polar surface area (TPSA) is 70.2 Å². The maximum absolute atomic E-state index is 9.77. The van der Waals surface area contributed by atoms with E-state index < -0.39 is 0 Å². The Hall–Kier alpha value is -2.01. The Morgan fingerprint density at radius 1 is 1.35 bits per heavy atom. The molecule has 1 heterocycles. The van der Waals surface area contributed by atoms with Gasteiger partial charge in [0.25, 0.3) is 0 Å². The van der Waals surface area contributed by atoms with Gasteiger partial charge in [-0.3, -0.25) is 5.10 Å². The number of benzene rings is 1. The van der Waals surface area contributed by atoms with Crippen LogP contribution in [0.25, 0.3) is 0 Å². The fraction of sp³-hybridized carbons (Fsp3) is 0.400. The number of nitrogens with one attached hydrogen (secondary N) is 2. The van der Waals surface area contributed by atoms with Crippen LogP contribution in [0.3, 0.4) is 0 Å².